The number of carbonyl (C=O) groups is 4. The molecular weight excluding hydrogens is 494 g/mol. The minimum Gasteiger partial charge on any atom is -0.508 e. The van der Waals surface area contributed by atoms with E-state index in [4.69, 9.17) is 5.73 Å². The molecule has 0 aliphatic heterocycles. The van der Waals surface area contributed by atoms with Crippen molar-refractivity contribution in [1.29, 1.82) is 0 Å². The number of aliphatic hydroxyl groups is 3. The molecule has 0 bridgehead atoms. The van der Waals surface area contributed by atoms with Crippen LogP contribution in [0.15, 0.2) is 23.0 Å². The van der Waals surface area contributed by atoms with Crippen LogP contribution in [0, 0.1) is 17.8 Å². The van der Waals surface area contributed by atoms with Gasteiger partial charge in [0.2, 0.25) is 5.78 Å². The number of hydrogen-bond donors (Lipinski definition) is 5. The quantitative estimate of drug-likeness (QED) is 0.272. The van der Waals surface area contributed by atoms with E-state index in [1.807, 2.05) is 0 Å². The number of likely N-dealkylation sites (N-methyl/N-ethyl adjacent to an activating group) is 1. The molecule has 11 heteroatoms. The molecule has 1 aromatic carbocycles. The third-order valence-corrected chi connectivity index (χ3v) is 7.97. The normalized spacial score (nSPS) is 26.9. The Morgan fingerprint density at radius 3 is 2.21 bits per heavy atom. The summed E-state index contributed by atoms with van der Waals surface area (Å²) in [6.07, 6.45) is 0.137. The summed E-state index contributed by atoms with van der Waals surface area (Å²) in [5, 5.41) is 45.2. The Morgan fingerprint density at radius 1 is 1.11 bits per heavy atom. The molecule has 3 aliphatic carbocycles. The molecule has 4 rings (SSSR count). The lowest BCUT2D eigenvalue weighted by Crippen LogP contribution is -2.65. The van der Waals surface area contributed by atoms with E-state index in [1.54, 1.807) is 53.0 Å². The predicted octanol–water partition coefficient (Wildman–Crippen LogP) is 0.869. The van der Waals surface area contributed by atoms with Gasteiger partial charge in [-0.25, -0.2) is 0 Å². The fourth-order valence-electron chi connectivity index (χ4n) is 6.19. The Kier molecular flexibility index (Phi) is 6.44. The third-order valence-electron chi connectivity index (χ3n) is 7.97. The first-order chi connectivity index (χ1) is 17.6. The van der Waals surface area contributed by atoms with E-state index in [0.29, 0.717) is 11.3 Å². The maximum absolute atomic E-state index is 13.9. The van der Waals surface area contributed by atoms with Gasteiger partial charge in [-0.3, -0.25) is 24.1 Å². The van der Waals surface area contributed by atoms with E-state index < -0.39 is 69.7 Å². The summed E-state index contributed by atoms with van der Waals surface area (Å²) in [6.45, 7) is 3.34. The highest BCUT2D eigenvalue weighted by molar-refractivity contribution is 6.24. The number of anilines is 1. The average molecular weight is 528 g/mol. The second-order valence-electron chi connectivity index (χ2n) is 11.0. The summed E-state index contributed by atoms with van der Waals surface area (Å²) in [5.41, 5.74) is 2.44. The highest BCUT2D eigenvalue weighted by Gasteiger charge is 2.64. The van der Waals surface area contributed by atoms with Gasteiger partial charge in [0.25, 0.3) is 5.91 Å². The number of aliphatic hydroxyl groups excluding tert-OH is 2. The number of rotatable bonds is 5. The van der Waals surface area contributed by atoms with Crippen LogP contribution >= 0.6 is 0 Å². The maximum Gasteiger partial charge on any atom is 0.255 e. The van der Waals surface area contributed by atoms with Gasteiger partial charge in [-0.15, -0.1) is 0 Å². The molecule has 0 heterocycles. The number of phenols is 1. The monoisotopic (exact) mass is 527 g/mol. The number of Topliss-reactive ketones (excluding diaryl/α,β-unsaturated/α-hetero) is 3. The Balaban J connectivity index is 2.02. The van der Waals surface area contributed by atoms with E-state index in [9.17, 15) is 39.6 Å². The summed E-state index contributed by atoms with van der Waals surface area (Å²) < 4.78 is 0. The summed E-state index contributed by atoms with van der Waals surface area (Å²) in [7, 11) is 6.58. The number of benzene rings is 1. The van der Waals surface area contributed by atoms with Crippen molar-refractivity contribution in [2.75, 3.05) is 33.1 Å². The van der Waals surface area contributed by atoms with Crippen molar-refractivity contribution >= 4 is 34.7 Å². The third kappa shape index (κ3) is 3.56. The molecule has 11 nitrogen and oxygen atoms in total. The number of phenolic OH excluding ortho intramolecular Hbond substituents is 1. The van der Waals surface area contributed by atoms with Crippen molar-refractivity contribution in [2.45, 2.75) is 38.3 Å². The van der Waals surface area contributed by atoms with Crippen LogP contribution in [0.4, 0.5) is 5.69 Å². The van der Waals surface area contributed by atoms with Crippen LogP contribution in [0.2, 0.25) is 0 Å². The second-order valence-corrected chi connectivity index (χ2v) is 11.0. The molecule has 0 radical (unpaired) electrons. The van der Waals surface area contributed by atoms with Crippen molar-refractivity contribution in [3.05, 3.63) is 39.7 Å². The van der Waals surface area contributed by atoms with Gasteiger partial charge >= 0.3 is 0 Å². The number of primary amides is 1. The van der Waals surface area contributed by atoms with Crippen LogP contribution in [0.3, 0.4) is 0 Å². The minimum atomic E-state index is -2.71. The zero-order valence-electron chi connectivity index (χ0n) is 22.2. The average Bonchev–Trinajstić information content (AvgIpc) is 2.80. The number of carbonyl (C=O) groups excluding carboxylic acids is 4. The van der Waals surface area contributed by atoms with Crippen LogP contribution in [0.25, 0.3) is 5.76 Å². The van der Waals surface area contributed by atoms with E-state index in [1.165, 1.54) is 4.90 Å². The van der Waals surface area contributed by atoms with Gasteiger partial charge in [-0.05, 0) is 44.5 Å². The molecule has 1 amide bonds. The number of nitrogens with two attached hydrogens (primary N) is 1. The summed E-state index contributed by atoms with van der Waals surface area (Å²) in [5.74, 6) is -8.12. The molecular formula is C27H33N3O8. The van der Waals surface area contributed by atoms with Gasteiger partial charge in [-0.1, -0.05) is 13.8 Å². The zero-order valence-corrected chi connectivity index (χ0v) is 22.2. The van der Waals surface area contributed by atoms with Gasteiger partial charge < -0.3 is 31.1 Å². The number of fused-ring (bicyclic) bond motifs is 3. The van der Waals surface area contributed by atoms with Crippen LogP contribution in [-0.4, -0.2) is 88.4 Å². The van der Waals surface area contributed by atoms with E-state index >= 15 is 0 Å². The summed E-state index contributed by atoms with van der Waals surface area (Å²) >= 11 is 0. The zero-order chi connectivity index (χ0) is 28.6. The fraction of sp³-hybridized carbons (Fsp3) is 0.481. The Morgan fingerprint density at radius 2 is 1.71 bits per heavy atom. The van der Waals surface area contributed by atoms with Crippen molar-refractivity contribution in [2.24, 2.45) is 23.5 Å². The molecule has 0 spiro atoms. The van der Waals surface area contributed by atoms with Crippen LogP contribution in [-0.2, 0) is 20.8 Å². The molecule has 1 aromatic rings. The Labute approximate surface area is 219 Å². The number of hydrogen-bond acceptors (Lipinski definition) is 10. The lowest BCUT2D eigenvalue weighted by atomic mass is 9.57. The molecule has 204 valence electrons. The molecule has 0 unspecified atom stereocenters. The molecule has 0 aromatic heterocycles. The molecule has 6 N–H and O–H groups in total. The van der Waals surface area contributed by atoms with Crippen LogP contribution in [0.1, 0.15) is 41.8 Å². The predicted molar refractivity (Wildman–Crippen MR) is 138 cm³/mol. The van der Waals surface area contributed by atoms with Gasteiger partial charge in [0.15, 0.2) is 17.2 Å². The van der Waals surface area contributed by atoms with Gasteiger partial charge in [-0.2, -0.15) is 0 Å². The number of nitrogens with zero attached hydrogens (tertiary/aromatic N) is 2. The fourth-order valence-corrected chi connectivity index (χ4v) is 6.19. The Hall–Kier alpha value is -3.70. The van der Waals surface area contributed by atoms with Crippen LogP contribution in [0.5, 0.6) is 5.75 Å². The largest absolute Gasteiger partial charge is 0.508 e. The first kappa shape index (κ1) is 27.3. The number of aromatic hydroxyl groups is 1. The topological polar surface area (TPSA) is 182 Å². The lowest BCUT2D eigenvalue weighted by Gasteiger charge is -2.50. The maximum atomic E-state index is 13.9. The number of ketones is 3. The highest BCUT2D eigenvalue weighted by Crippen LogP contribution is 2.54. The second kappa shape index (κ2) is 8.95. The lowest BCUT2D eigenvalue weighted by molar-refractivity contribution is -0.153. The first-order valence-corrected chi connectivity index (χ1v) is 12.3. The van der Waals surface area contributed by atoms with Gasteiger partial charge in [0.1, 0.15) is 22.8 Å². The van der Waals surface area contributed by atoms with Gasteiger partial charge in [0.05, 0.1) is 17.2 Å². The first-order valence-electron chi connectivity index (χ1n) is 12.3. The van der Waals surface area contributed by atoms with Gasteiger partial charge in [0, 0.05) is 37.2 Å². The van der Waals surface area contributed by atoms with E-state index in [0.717, 1.165) is 0 Å². The highest BCUT2D eigenvalue weighted by atomic mass is 16.3. The van der Waals surface area contributed by atoms with Crippen molar-refractivity contribution < 1.29 is 39.6 Å². The van der Waals surface area contributed by atoms with E-state index in [2.05, 4.69) is 0 Å². The minimum absolute atomic E-state index is 0.00787. The molecule has 4 atom stereocenters. The molecule has 38 heavy (non-hydrogen) atoms. The SMILES string of the molecule is CC(C)C(=O)c1cc(N(C)C)c2c(c1O)C(O)=C1C(=O)[C@]3(O)C(O)=C(C(N)=O)C(=O)[C@@H](N(C)C)[C@@H]3C[C@@H]1C2. The number of amides is 1. The summed E-state index contributed by atoms with van der Waals surface area (Å²) in [4.78, 5) is 55.3. The summed E-state index contributed by atoms with van der Waals surface area (Å²) in [6, 6.07) is 0.399. The molecule has 1 fully saturated rings. The van der Waals surface area contributed by atoms with Crippen LogP contribution < -0.4 is 10.6 Å². The molecule has 1 saturated carbocycles. The smallest absolute Gasteiger partial charge is 0.255 e. The van der Waals surface area contributed by atoms with Crippen molar-refractivity contribution in [3.8, 4) is 5.75 Å². The molecule has 0 saturated heterocycles. The van der Waals surface area contributed by atoms with Crippen molar-refractivity contribution in [3.63, 3.8) is 0 Å². The standard InChI is InChI=1S/C27H33N3O8/c1-10(2)20(31)13-9-15(29(3)4)12-7-11-8-14-19(30(5)6)23(34)18(26(28)37)25(36)27(14,38)24(35)16(11)22(33)17(12)21(13)32/h9-11,14,19,32-33,36,38H,7-8H2,1-6H3,(H2,28,37)/t11-,14-,19-,27-/m0/s1. The van der Waals surface area contributed by atoms with E-state index in [-0.39, 0.29) is 35.3 Å². The van der Waals surface area contributed by atoms with Crippen molar-refractivity contribution in [1.82, 2.24) is 4.90 Å². The molecule has 3 aliphatic rings. The Bertz CT molecular complexity index is 1360.